The summed E-state index contributed by atoms with van der Waals surface area (Å²) in [5.41, 5.74) is 5.26. The van der Waals surface area contributed by atoms with Gasteiger partial charge in [-0.2, -0.15) is 13.2 Å². The van der Waals surface area contributed by atoms with E-state index in [4.69, 9.17) is 5.73 Å². The van der Waals surface area contributed by atoms with E-state index in [0.29, 0.717) is 17.7 Å². The van der Waals surface area contributed by atoms with E-state index < -0.39 is 32.9 Å². The topological polar surface area (TPSA) is 81.8 Å². The number of thioether (sulfide) groups is 1. The smallest absolute Gasteiger partial charge is 0.420 e. The van der Waals surface area contributed by atoms with Crippen molar-refractivity contribution in [2.24, 2.45) is 10.8 Å². The summed E-state index contributed by atoms with van der Waals surface area (Å²) < 4.78 is 43.7. The fourth-order valence-electron chi connectivity index (χ4n) is 3.64. The van der Waals surface area contributed by atoms with Crippen molar-refractivity contribution in [3.63, 3.8) is 0 Å². The van der Waals surface area contributed by atoms with Crippen molar-refractivity contribution < 1.29 is 27.5 Å². The van der Waals surface area contributed by atoms with Gasteiger partial charge in [-0.1, -0.05) is 35.5 Å². The number of carbonyl (C=O) groups is 2. The number of rotatable bonds is 6. The van der Waals surface area contributed by atoms with Crippen molar-refractivity contribution in [3.05, 3.63) is 65.6 Å². The third-order valence-corrected chi connectivity index (χ3v) is 6.21. The van der Waals surface area contributed by atoms with Crippen LogP contribution in [-0.2, 0) is 14.3 Å². The van der Waals surface area contributed by atoms with Crippen LogP contribution in [0.15, 0.2) is 59.6 Å². The predicted octanol–water partition coefficient (Wildman–Crippen LogP) is 3.74. The monoisotopic (exact) mass is 438 g/mol. The lowest BCUT2D eigenvalue weighted by Gasteiger charge is -2.35. The SMILES string of the molecule is CSC1(c2c(C(N)=O)cccc2[N+]2(C)C=C(OC=O)C(C(F)(F)F)=N2)C=CC=CC1. The average molecular weight is 438 g/mol. The molecule has 0 spiro atoms. The molecule has 1 aromatic carbocycles. The molecule has 1 aliphatic carbocycles. The number of ether oxygens (including phenoxy) is 1. The molecular weight excluding hydrogens is 419 g/mol. The van der Waals surface area contributed by atoms with Gasteiger partial charge in [-0.15, -0.1) is 16.4 Å². The molecule has 30 heavy (non-hydrogen) atoms. The van der Waals surface area contributed by atoms with Gasteiger partial charge in [-0.05, 0) is 18.7 Å². The molecule has 2 N–H and O–H groups in total. The summed E-state index contributed by atoms with van der Waals surface area (Å²) in [6.45, 7) is -0.0818. The van der Waals surface area contributed by atoms with Gasteiger partial charge in [0.15, 0.2) is 11.9 Å². The van der Waals surface area contributed by atoms with Crippen LogP contribution in [0.2, 0.25) is 0 Å². The number of halogens is 3. The number of amides is 1. The minimum atomic E-state index is -4.84. The normalized spacial score (nSPS) is 25.6. The predicted molar refractivity (Wildman–Crippen MR) is 109 cm³/mol. The highest BCUT2D eigenvalue weighted by molar-refractivity contribution is 7.99. The summed E-state index contributed by atoms with van der Waals surface area (Å²) >= 11 is 1.43. The van der Waals surface area contributed by atoms with Crippen molar-refractivity contribution in [1.29, 1.82) is 0 Å². The van der Waals surface area contributed by atoms with Gasteiger partial charge < -0.3 is 10.5 Å². The summed E-state index contributed by atoms with van der Waals surface area (Å²) in [5.74, 6) is -1.41. The molecular formula is C20H19F3N3O3S+. The van der Waals surface area contributed by atoms with Crippen LogP contribution in [0, 0.1) is 0 Å². The number of carbonyl (C=O) groups excluding carboxylic acids is 2. The number of nitrogens with zero attached hydrogens (tertiary/aromatic N) is 2. The van der Waals surface area contributed by atoms with E-state index in [1.165, 1.54) is 30.9 Å². The number of hydrogen-bond acceptors (Lipinski definition) is 5. The van der Waals surface area contributed by atoms with Crippen LogP contribution in [-0.4, -0.2) is 37.6 Å². The van der Waals surface area contributed by atoms with Crippen LogP contribution in [0.1, 0.15) is 22.3 Å². The second kappa shape index (κ2) is 7.77. The zero-order chi connectivity index (χ0) is 22.2. The number of primary amides is 1. The summed E-state index contributed by atoms with van der Waals surface area (Å²) in [7, 11) is 1.41. The standard InChI is InChI=1S/C20H18F3N3O3S/c1-26(11-15(29-12-27)17(25-26)20(21,22)23)14-8-6-7-13(18(24)28)16(14)19(30-2)9-4-3-5-10-19/h3-9,11-12H,10H2,1-2H3,(H-,24,28)/p+1. The number of allylic oxidation sites excluding steroid dienone is 4. The molecule has 1 heterocycles. The molecule has 0 bridgehead atoms. The lowest BCUT2D eigenvalue weighted by molar-refractivity contribution is -0.124. The Morgan fingerprint density at radius 2 is 2.10 bits per heavy atom. The van der Waals surface area contributed by atoms with Gasteiger partial charge in [-0.3, -0.25) is 9.59 Å². The van der Waals surface area contributed by atoms with E-state index in [1.807, 2.05) is 30.6 Å². The molecule has 1 aromatic rings. The third-order valence-electron chi connectivity index (χ3n) is 4.97. The number of benzene rings is 1. The summed E-state index contributed by atoms with van der Waals surface area (Å²) in [6, 6.07) is 4.66. The first kappa shape index (κ1) is 21.8. The minimum Gasteiger partial charge on any atom is -0.420 e. The van der Waals surface area contributed by atoms with E-state index in [-0.39, 0.29) is 12.0 Å². The van der Waals surface area contributed by atoms with Crippen LogP contribution in [0.25, 0.3) is 0 Å². The van der Waals surface area contributed by atoms with E-state index >= 15 is 0 Å². The van der Waals surface area contributed by atoms with Gasteiger partial charge in [0.05, 0.1) is 10.3 Å². The highest BCUT2D eigenvalue weighted by atomic mass is 32.2. The molecule has 1 amide bonds. The van der Waals surface area contributed by atoms with Gasteiger partial charge in [0.2, 0.25) is 17.4 Å². The second-order valence-corrected chi connectivity index (χ2v) is 7.97. The third kappa shape index (κ3) is 3.68. The molecule has 0 saturated heterocycles. The van der Waals surface area contributed by atoms with Gasteiger partial charge in [0.25, 0.3) is 6.47 Å². The Labute approximate surface area is 175 Å². The molecule has 3 rings (SSSR count). The number of quaternary nitrogens is 1. The lowest BCUT2D eigenvalue weighted by Crippen LogP contribution is -2.37. The van der Waals surface area contributed by atoms with Crippen LogP contribution >= 0.6 is 11.8 Å². The molecule has 0 fully saturated rings. The second-order valence-electron chi connectivity index (χ2n) is 6.83. The van der Waals surface area contributed by atoms with Crippen LogP contribution in [0.3, 0.4) is 0 Å². The summed E-state index contributed by atoms with van der Waals surface area (Å²) in [4.78, 5) is 23.0. The first-order valence-corrected chi connectivity index (χ1v) is 10.0. The summed E-state index contributed by atoms with van der Waals surface area (Å²) in [5, 5.41) is 3.83. The zero-order valence-electron chi connectivity index (χ0n) is 16.1. The molecule has 1 aliphatic heterocycles. The Balaban J connectivity index is 2.32. The molecule has 2 aliphatic rings. The van der Waals surface area contributed by atoms with Gasteiger partial charge in [-0.25, -0.2) is 0 Å². The van der Waals surface area contributed by atoms with Crippen LogP contribution in [0.5, 0.6) is 0 Å². The number of nitrogens with two attached hydrogens (primary N) is 1. The molecule has 10 heteroatoms. The number of hydrogen-bond donors (Lipinski definition) is 1. The van der Waals surface area contributed by atoms with Crippen molar-refractivity contribution in [1.82, 2.24) is 4.59 Å². The van der Waals surface area contributed by atoms with E-state index in [2.05, 4.69) is 9.84 Å². The molecule has 0 aromatic heterocycles. The first-order valence-electron chi connectivity index (χ1n) is 8.78. The highest BCUT2D eigenvalue weighted by Gasteiger charge is 2.51. The molecule has 2 unspecified atom stereocenters. The number of alkyl halides is 3. The maximum atomic E-state index is 13.5. The zero-order valence-corrected chi connectivity index (χ0v) is 17.0. The van der Waals surface area contributed by atoms with Crippen molar-refractivity contribution in [3.8, 4) is 0 Å². The molecule has 2 atom stereocenters. The Morgan fingerprint density at radius 3 is 2.63 bits per heavy atom. The molecule has 0 saturated carbocycles. The fourth-order valence-corrected chi connectivity index (χ4v) is 4.54. The lowest BCUT2D eigenvalue weighted by atomic mass is 9.86. The van der Waals surface area contributed by atoms with Crippen molar-refractivity contribution in [2.75, 3.05) is 13.3 Å². The molecule has 6 nitrogen and oxygen atoms in total. The van der Waals surface area contributed by atoms with Crippen molar-refractivity contribution >= 4 is 35.5 Å². The Hall–Kier alpha value is -2.85. The maximum Gasteiger partial charge on any atom is 0.442 e. The Bertz CT molecular complexity index is 1020. The highest BCUT2D eigenvalue weighted by Crippen LogP contribution is 2.49. The van der Waals surface area contributed by atoms with Crippen molar-refractivity contribution in [2.45, 2.75) is 17.3 Å². The van der Waals surface area contributed by atoms with Gasteiger partial charge in [0.1, 0.15) is 7.05 Å². The molecule has 0 radical (unpaired) electrons. The Kier molecular flexibility index (Phi) is 5.66. The van der Waals surface area contributed by atoms with E-state index in [0.717, 1.165) is 6.20 Å². The maximum absolute atomic E-state index is 13.5. The fraction of sp³-hybridized carbons (Fsp3) is 0.250. The molecule has 158 valence electrons. The van der Waals surface area contributed by atoms with E-state index in [1.54, 1.807) is 6.07 Å². The largest absolute Gasteiger partial charge is 0.442 e. The van der Waals surface area contributed by atoms with Gasteiger partial charge in [0, 0.05) is 11.6 Å². The summed E-state index contributed by atoms with van der Waals surface area (Å²) in [6.07, 6.45) is 6.04. The first-order chi connectivity index (χ1) is 14.1. The average Bonchev–Trinajstić information content (AvgIpc) is 3.06. The quantitative estimate of drug-likeness (QED) is 0.542. The van der Waals surface area contributed by atoms with Crippen LogP contribution < -0.4 is 10.3 Å². The van der Waals surface area contributed by atoms with E-state index in [9.17, 15) is 22.8 Å². The van der Waals surface area contributed by atoms with Gasteiger partial charge >= 0.3 is 6.18 Å². The minimum absolute atomic E-state index is 0.0818. The Morgan fingerprint density at radius 1 is 1.37 bits per heavy atom. The van der Waals surface area contributed by atoms with Crippen LogP contribution in [0.4, 0.5) is 18.9 Å².